The van der Waals surface area contributed by atoms with Crippen molar-refractivity contribution in [2.75, 3.05) is 13.7 Å². The lowest BCUT2D eigenvalue weighted by molar-refractivity contribution is -0.193. The van der Waals surface area contributed by atoms with E-state index in [9.17, 15) is 5.11 Å². The maximum Gasteiger partial charge on any atom is 0.221 e. The molecule has 0 fully saturated rings. The number of benzene rings is 1. The summed E-state index contributed by atoms with van der Waals surface area (Å²) in [4.78, 5) is 10.7. The molecule has 1 aromatic rings. The SMILES string of the molecule is CC(C)=CC(CCO)C1CC2(N=C(N)N(C)O2)c2cc(Br)ccc2O1. The van der Waals surface area contributed by atoms with Gasteiger partial charge >= 0.3 is 0 Å². The first-order valence-electron chi connectivity index (χ1n) is 8.35. The first-order chi connectivity index (χ1) is 11.8. The van der Waals surface area contributed by atoms with Crippen LogP contribution in [0.4, 0.5) is 0 Å². The molecule has 2 aliphatic heterocycles. The van der Waals surface area contributed by atoms with E-state index in [1.54, 1.807) is 7.05 Å². The molecule has 0 radical (unpaired) electrons. The number of rotatable bonds is 4. The molecule has 25 heavy (non-hydrogen) atoms. The highest BCUT2D eigenvalue weighted by Gasteiger charge is 2.49. The van der Waals surface area contributed by atoms with Gasteiger partial charge in [-0.2, -0.15) is 0 Å². The Labute approximate surface area is 156 Å². The van der Waals surface area contributed by atoms with Gasteiger partial charge in [-0.1, -0.05) is 27.6 Å². The molecule has 0 aliphatic carbocycles. The van der Waals surface area contributed by atoms with Crippen molar-refractivity contribution < 1.29 is 14.7 Å². The summed E-state index contributed by atoms with van der Waals surface area (Å²) in [5, 5.41) is 11.0. The van der Waals surface area contributed by atoms with Gasteiger partial charge in [-0.3, -0.25) is 0 Å². The summed E-state index contributed by atoms with van der Waals surface area (Å²) >= 11 is 3.51. The Morgan fingerprint density at radius 2 is 2.32 bits per heavy atom. The first kappa shape index (κ1) is 18.2. The number of halogens is 1. The van der Waals surface area contributed by atoms with Crippen LogP contribution in [-0.4, -0.2) is 35.9 Å². The number of nitrogens with two attached hydrogens (primary N) is 1. The van der Waals surface area contributed by atoms with E-state index in [0.717, 1.165) is 15.8 Å². The molecular formula is C18H24BrN3O3. The monoisotopic (exact) mass is 409 g/mol. The van der Waals surface area contributed by atoms with Crippen molar-refractivity contribution in [3.8, 4) is 5.75 Å². The van der Waals surface area contributed by atoms with Gasteiger partial charge in [0.25, 0.3) is 0 Å². The van der Waals surface area contributed by atoms with E-state index in [4.69, 9.17) is 15.3 Å². The smallest absolute Gasteiger partial charge is 0.221 e. The Morgan fingerprint density at radius 1 is 1.56 bits per heavy atom. The number of hydroxylamine groups is 2. The van der Waals surface area contributed by atoms with E-state index in [1.165, 1.54) is 10.6 Å². The van der Waals surface area contributed by atoms with Gasteiger partial charge in [0.05, 0.1) is 5.56 Å². The van der Waals surface area contributed by atoms with Crippen LogP contribution in [0.2, 0.25) is 0 Å². The van der Waals surface area contributed by atoms with Crippen molar-refractivity contribution in [3.63, 3.8) is 0 Å². The normalized spacial score (nSPS) is 26.0. The summed E-state index contributed by atoms with van der Waals surface area (Å²) in [6, 6.07) is 5.81. The lowest BCUT2D eigenvalue weighted by atomic mass is 9.85. The Bertz CT molecular complexity index is 718. The quantitative estimate of drug-likeness (QED) is 0.747. The highest BCUT2D eigenvalue weighted by Crippen LogP contribution is 2.48. The summed E-state index contributed by atoms with van der Waals surface area (Å²) in [5.74, 6) is 1.14. The largest absolute Gasteiger partial charge is 0.489 e. The average molecular weight is 410 g/mol. The minimum atomic E-state index is -0.899. The molecule has 3 N–H and O–H groups in total. The third-order valence-electron chi connectivity index (χ3n) is 4.51. The fourth-order valence-corrected chi connectivity index (χ4v) is 3.79. The average Bonchev–Trinajstić information content (AvgIpc) is 2.82. The topological polar surface area (TPSA) is 80.3 Å². The molecule has 136 valence electrons. The number of ether oxygens (including phenoxy) is 1. The zero-order valence-electron chi connectivity index (χ0n) is 14.7. The summed E-state index contributed by atoms with van der Waals surface area (Å²) in [6.45, 7) is 4.19. The van der Waals surface area contributed by atoms with Gasteiger partial charge in [0.1, 0.15) is 11.9 Å². The van der Waals surface area contributed by atoms with E-state index in [-0.39, 0.29) is 18.6 Å². The third-order valence-corrected chi connectivity index (χ3v) is 5.01. The molecular weight excluding hydrogens is 386 g/mol. The molecule has 7 heteroatoms. The van der Waals surface area contributed by atoms with E-state index >= 15 is 0 Å². The maximum atomic E-state index is 9.47. The minimum Gasteiger partial charge on any atom is -0.489 e. The summed E-state index contributed by atoms with van der Waals surface area (Å²) < 4.78 is 7.20. The second kappa shape index (κ2) is 6.97. The number of aliphatic hydroxyl groups excluding tert-OH is 1. The second-order valence-corrected chi connectivity index (χ2v) is 7.68. The Kier molecular flexibility index (Phi) is 5.09. The predicted octanol–water partition coefficient (Wildman–Crippen LogP) is 2.91. The van der Waals surface area contributed by atoms with Crippen LogP contribution in [0, 0.1) is 5.92 Å². The van der Waals surface area contributed by atoms with Crippen LogP contribution in [0.25, 0.3) is 0 Å². The van der Waals surface area contributed by atoms with Crippen molar-refractivity contribution in [1.82, 2.24) is 5.06 Å². The second-order valence-electron chi connectivity index (χ2n) is 6.76. The lowest BCUT2D eigenvalue weighted by Crippen LogP contribution is -2.42. The van der Waals surface area contributed by atoms with E-state index in [2.05, 4.69) is 27.0 Å². The number of hydrogen-bond acceptors (Lipinski definition) is 6. The van der Waals surface area contributed by atoms with Crippen LogP contribution in [0.5, 0.6) is 5.75 Å². The Hall–Kier alpha value is -1.57. The Morgan fingerprint density at radius 3 is 2.92 bits per heavy atom. The van der Waals surface area contributed by atoms with E-state index < -0.39 is 5.72 Å². The number of allylic oxidation sites excluding steroid dienone is 1. The highest BCUT2D eigenvalue weighted by molar-refractivity contribution is 9.10. The third kappa shape index (κ3) is 3.54. The minimum absolute atomic E-state index is 0.0644. The molecule has 1 spiro atoms. The fourth-order valence-electron chi connectivity index (χ4n) is 3.43. The summed E-state index contributed by atoms with van der Waals surface area (Å²) in [6.07, 6.45) is 3.12. The van der Waals surface area contributed by atoms with Crippen LogP contribution in [0.3, 0.4) is 0 Å². The van der Waals surface area contributed by atoms with Crippen molar-refractivity contribution >= 4 is 21.9 Å². The van der Waals surface area contributed by atoms with Crippen molar-refractivity contribution in [2.45, 2.75) is 38.5 Å². The zero-order valence-corrected chi connectivity index (χ0v) is 16.3. The van der Waals surface area contributed by atoms with E-state index in [1.807, 2.05) is 32.0 Å². The Balaban J connectivity index is 2.04. The molecule has 3 rings (SSSR count). The van der Waals surface area contributed by atoms with Gasteiger partial charge in [-0.15, -0.1) is 0 Å². The standard InChI is InChI=1S/C18H24BrN3O3/c1-11(2)8-12(6-7-23)16-10-18(21-17(20)22(3)25-18)14-9-13(19)4-5-15(14)24-16/h4-5,8-9,12,16,23H,6-7,10H2,1-3H3,(H2,20,21). The molecule has 0 bridgehead atoms. The zero-order chi connectivity index (χ0) is 18.2. The molecule has 0 amide bonds. The molecule has 3 atom stereocenters. The van der Waals surface area contributed by atoms with Crippen LogP contribution in [0.15, 0.2) is 39.3 Å². The molecule has 0 saturated carbocycles. The molecule has 1 aromatic carbocycles. The van der Waals surface area contributed by atoms with Crippen LogP contribution in [-0.2, 0) is 10.6 Å². The first-order valence-corrected chi connectivity index (χ1v) is 9.14. The van der Waals surface area contributed by atoms with E-state index in [0.29, 0.717) is 18.8 Å². The van der Waals surface area contributed by atoms with Gasteiger partial charge in [0, 0.05) is 30.5 Å². The molecule has 2 aliphatic rings. The van der Waals surface area contributed by atoms with Gasteiger partial charge in [0.15, 0.2) is 0 Å². The van der Waals surface area contributed by atoms with Crippen molar-refractivity contribution in [3.05, 3.63) is 39.9 Å². The summed E-state index contributed by atoms with van der Waals surface area (Å²) in [7, 11) is 1.75. The molecule has 0 aromatic heterocycles. The highest BCUT2D eigenvalue weighted by atomic mass is 79.9. The molecule has 6 nitrogen and oxygen atoms in total. The van der Waals surface area contributed by atoms with Crippen molar-refractivity contribution in [1.29, 1.82) is 0 Å². The number of aliphatic imine (C=N–C) groups is 1. The van der Waals surface area contributed by atoms with Gasteiger partial charge in [-0.25, -0.2) is 14.9 Å². The number of fused-ring (bicyclic) bond motifs is 2. The fraction of sp³-hybridized carbons (Fsp3) is 0.500. The van der Waals surface area contributed by atoms with Gasteiger partial charge < -0.3 is 15.6 Å². The number of nitrogens with zero attached hydrogens (tertiary/aromatic N) is 2. The predicted molar refractivity (Wildman–Crippen MR) is 99.9 cm³/mol. The van der Waals surface area contributed by atoms with Gasteiger partial charge in [-0.05, 0) is 38.5 Å². The number of hydrogen-bond donors (Lipinski definition) is 2. The molecule has 3 unspecified atom stereocenters. The van der Waals surface area contributed by atoms with Crippen LogP contribution < -0.4 is 10.5 Å². The molecule has 0 saturated heterocycles. The van der Waals surface area contributed by atoms with Crippen LogP contribution >= 0.6 is 15.9 Å². The van der Waals surface area contributed by atoms with Gasteiger partial charge in [0.2, 0.25) is 11.7 Å². The molecule has 2 heterocycles. The number of aliphatic hydroxyl groups is 1. The lowest BCUT2D eigenvalue weighted by Gasteiger charge is -2.39. The maximum absolute atomic E-state index is 9.47. The van der Waals surface area contributed by atoms with Crippen LogP contribution in [0.1, 0.15) is 32.3 Å². The number of guanidine groups is 1. The van der Waals surface area contributed by atoms with Crippen molar-refractivity contribution in [2.24, 2.45) is 16.6 Å². The summed E-state index contributed by atoms with van der Waals surface area (Å²) in [5.41, 5.74) is 7.13.